The number of hydrogen-bond acceptors (Lipinski definition) is 3. The van der Waals surface area contributed by atoms with Crippen molar-refractivity contribution in [1.29, 1.82) is 0 Å². The van der Waals surface area contributed by atoms with E-state index >= 15 is 0 Å². The molecule has 0 aromatic rings. The SMILES string of the molecule is O=C(NC12CCC(C(=O)O)(CC1)CC2)C1CCOC2(CCCCC2)C1. The highest BCUT2D eigenvalue weighted by Crippen LogP contribution is 2.52. The lowest BCUT2D eigenvalue weighted by Crippen LogP contribution is -2.60. The zero-order valence-electron chi connectivity index (χ0n) is 15.1. The number of carbonyl (C=O) groups is 2. The van der Waals surface area contributed by atoms with Gasteiger partial charge in [0, 0.05) is 18.1 Å². The third kappa shape index (κ3) is 3.09. The smallest absolute Gasteiger partial charge is 0.309 e. The van der Waals surface area contributed by atoms with Crippen molar-refractivity contribution in [2.45, 2.75) is 94.6 Å². The van der Waals surface area contributed by atoms with Crippen LogP contribution in [0.2, 0.25) is 0 Å². The summed E-state index contributed by atoms with van der Waals surface area (Å²) >= 11 is 0. The van der Waals surface area contributed by atoms with Crippen LogP contribution in [0, 0.1) is 11.3 Å². The molecule has 0 aromatic heterocycles. The largest absolute Gasteiger partial charge is 0.481 e. The molecule has 25 heavy (non-hydrogen) atoms. The molecule has 4 saturated carbocycles. The Balaban J connectivity index is 1.38. The van der Waals surface area contributed by atoms with Gasteiger partial charge in [-0.1, -0.05) is 19.3 Å². The fraction of sp³-hybridized carbons (Fsp3) is 0.900. The number of amides is 1. The maximum Gasteiger partial charge on any atom is 0.309 e. The Bertz CT molecular complexity index is 522. The minimum Gasteiger partial charge on any atom is -0.481 e. The number of rotatable bonds is 3. The van der Waals surface area contributed by atoms with E-state index in [2.05, 4.69) is 5.32 Å². The Kier molecular flexibility index (Phi) is 4.33. The first-order chi connectivity index (χ1) is 12.0. The van der Waals surface area contributed by atoms with Crippen molar-refractivity contribution in [2.75, 3.05) is 6.61 Å². The summed E-state index contributed by atoms with van der Waals surface area (Å²) in [6.45, 7) is 0.702. The summed E-state index contributed by atoms with van der Waals surface area (Å²) in [5.41, 5.74) is -0.711. The third-order valence-corrected chi connectivity index (χ3v) is 7.72. The van der Waals surface area contributed by atoms with E-state index < -0.39 is 11.4 Å². The second-order valence-corrected chi connectivity index (χ2v) is 9.14. The molecule has 5 fully saturated rings. The molecule has 140 valence electrons. The van der Waals surface area contributed by atoms with Crippen molar-refractivity contribution in [3.63, 3.8) is 0 Å². The van der Waals surface area contributed by atoms with Gasteiger partial charge in [0.15, 0.2) is 0 Å². The van der Waals surface area contributed by atoms with Gasteiger partial charge >= 0.3 is 5.97 Å². The minimum absolute atomic E-state index is 0.0479. The molecule has 2 bridgehead atoms. The number of nitrogens with one attached hydrogen (secondary N) is 1. The molecule has 1 saturated heterocycles. The van der Waals surface area contributed by atoms with Gasteiger partial charge in [0.25, 0.3) is 0 Å². The first kappa shape index (κ1) is 17.3. The van der Waals surface area contributed by atoms with Crippen LogP contribution in [0.4, 0.5) is 0 Å². The molecule has 1 amide bonds. The van der Waals surface area contributed by atoms with Crippen LogP contribution in [-0.4, -0.2) is 34.7 Å². The normalized spacial score (nSPS) is 39.9. The molecule has 1 unspecified atom stereocenters. The van der Waals surface area contributed by atoms with E-state index in [4.69, 9.17) is 4.74 Å². The molecule has 5 rings (SSSR count). The number of ether oxygens (including phenoxy) is 1. The first-order valence-electron chi connectivity index (χ1n) is 10.2. The van der Waals surface area contributed by atoms with Crippen LogP contribution in [0.25, 0.3) is 0 Å². The molecule has 1 aliphatic heterocycles. The fourth-order valence-corrected chi connectivity index (χ4v) is 5.85. The maximum atomic E-state index is 13.0. The Labute approximate surface area is 149 Å². The van der Waals surface area contributed by atoms with Gasteiger partial charge in [0.05, 0.1) is 11.0 Å². The Morgan fingerprint density at radius 3 is 2.16 bits per heavy atom. The van der Waals surface area contributed by atoms with E-state index in [1.165, 1.54) is 19.3 Å². The van der Waals surface area contributed by atoms with Crippen molar-refractivity contribution in [3.8, 4) is 0 Å². The second kappa shape index (κ2) is 6.26. The summed E-state index contributed by atoms with van der Waals surface area (Å²) in [5.74, 6) is -0.386. The van der Waals surface area contributed by atoms with Crippen molar-refractivity contribution < 1.29 is 19.4 Å². The number of hydrogen-bond donors (Lipinski definition) is 2. The number of carbonyl (C=O) groups excluding carboxylic acids is 1. The molecule has 1 spiro atoms. The zero-order valence-corrected chi connectivity index (χ0v) is 15.1. The van der Waals surface area contributed by atoms with Gasteiger partial charge in [-0.3, -0.25) is 9.59 Å². The van der Waals surface area contributed by atoms with Gasteiger partial charge in [-0.15, -0.1) is 0 Å². The fourth-order valence-electron chi connectivity index (χ4n) is 5.85. The van der Waals surface area contributed by atoms with Gasteiger partial charge in [-0.05, 0) is 64.2 Å². The van der Waals surface area contributed by atoms with Gasteiger partial charge in [-0.25, -0.2) is 0 Å². The van der Waals surface area contributed by atoms with E-state index in [1.54, 1.807) is 0 Å². The molecule has 0 aromatic carbocycles. The molecular formula is C20H31NO4. The van der Waals surface area contributed by atoms with Crippen LogP contribution >= 0.6 is 0 Å². The summed E-state index contributed by atoms with van der Waals surface area (Å²) in [4.78, 5) is 24.6. The lowest BCUT2D eigenvalue weighted by Gasteiger charge is -2.52. The molecule has 1 heterocycles. The number of carboxylic acids is 1. The minimum atomic E-state index is -0.643. The highest BCUT2D eigenvalue weighted by atomic mass is 16.5. The average Bonchev–Trinajstić information content (AvgIpc) is 2.63. The average molecular weight is 349 g/mol. The predicted octanol–water partition coefficient (Wildman–Crippen LogP) is 3.41. The molecule has 2 N–H and O–H groups in total. The van der Waals surface area contributed by atoms with Crippen molar-refractivity contribution >= 4 is 11.9 Å². The molecule has 0 radical (unpaired) electrons. The summed E-state index contributed by atoms with van der Waals surface area (Å²) in [6.07, 6.45) is 12.2. The van der Waals surface area contributed by atoms with E-state index in [1.807, 2.05) is 0 Å². The Morgan fingerprint density at radius 1 is 0.920 bits per heavy atom. The van der Waals surface area contributed by atoms with Gasteiger partial charge in [-0.2, -0.15) is 0 Å². The molecule has 4 aliphatic carbocycles. The second-order valence-electron chi connectivity index (χ2n) is 9.14. The Morgan fingerprint density at radius 2 is 1.56 bits per heavy atom. The van der Waals surface area contributed by atoms with Crippen LogP contribution in [0.5, 0.6) is 0 Å². The van der Waals surface area contributed by atoms with E-state index in [-0.39, 0.29) is 23.0 Å². The summed E-state index contributed by atoms with van der Waals surface area (Å²) in [5, 5.41) is 12.9. The van der Waals surface area contributed by atoms with Crippen molar-refractivity contribution in [2.24, 2.45) is 11.3 Å². The quantitative estimate of drug-likeness (QED) is 0.819. The molecule has 5 aliphatic rings. The monoisotopic (exact) mass is 349 g/mol. The van der Waals surface area contributed by atoms with Crippen molar-refractivity contribution in [1.82, 2.24) is 5.32 Å². The number of fused-ring (bicyclic) bond motifs is 3. The van der Waals surface area contributed by atoms with Crippen molar-refractivity contribution in [3.05, 3.63) is 0 Å². The standard InChI is InChI=1S/C20H31NO4/c22-16(15-4-13-25-20(14-15)5-2-1-3-6-20)21-19-10-7-18(8-11-19,9-12-19)17(23)24/h15H,1-14H2,(H,21,22)(H,23,24). The first-order valence-corrected chi connectivity index (χ1v) is 10.2. The van der Waals surface area contributed by atoms with Crippen LogP contribution in [0.1, 0.15) is 83.5 Å². The number of aliphatic carboxylic acids is 1. The van der Waals surface area contributed by atoms with Crippen LogP contribution in [0.15, 0.2) is 0 Å². The highest BCUT2D eigenvalue weighted by Gasteiger charge is 2.53. The highest BCUT2D eigenvalue weighted by molar-refractivity contribution is 5.80. The zero-order chi connectivity index (χ0) is 17.5. The lowest BCUT2D eigenvalue weighted by molar-refractivity contribution is -0.158. The Hall–Kier alpha value is -1.10. The molecule has 5 heteroatoms. The van der Waals surface area contributed by atoms with Crippen LogP contribution < -0.4 is 5.32 Å². The lowest BCUT2D eigenvalue weighted by atomic mass is 9.57. The topological polar surface area (TPSA) is 75.6 Å². The van der Waals surface area contributed by atoms with Gasteiger partial charge in [0.1, 0.15) is 0 Å². The summed E-state index contributed by atoms with van der Waals surface area (Å²) in [7, 11) is 0. The van der Waals surface area contributed by atoms with E-state index in [0.29, 0.717) is 25.9 Å². The predicted molar refractivity (Wildman–Crippen MR) is 93.1 cm³/mol. The number of carboxylic acid groups (broad SMARTS) is 1. The van der Waals surface area contributed by atoms with Crippen LogP contribution in [0.3, 0.4) is 0 Å². The van der Waals surface area contributed by atoms with Crippen LogP contribution in [-0.2, 0) is 14.3 Å². The van der Waals surface area contributed by atoms with E-state index in [0.717, 1.165) is 44.9 Å². The molecule has 1 atom stereocenters. The van der Waals surface area contributed by atoms with E-state index in [9.17, 15) is 14.7 Å². The van der Waals surface area contributed by atoms with Gasteiger partial charge in [0.2, 0.25) is 5.91 Å². The summed E-state index contributed by atoms with van der Waals surface area (Å²) < 4.78 is 6.13. The third-order valence-electron chi connectivity index (χ3n) is 7.72. The summed E-state index contributed by atoms with van der Waals surface area (Å²) in [6, 6.07) is 0. The van der Waals surface area contributed by atoms with Gasteiger partial charge < -0.3 is 15.2 Å². The molecule has 5 nitrogen and oxygen atoms in total. The maximum absolute atomic E-state index is 13.0. The molecular weight excluding hydrogens is 318 g/mol.